The van der Waals surface area contributed by atoms with Gasteiger partial charge in [0.1, 0.15) is 17.6 Å². The standard InChI is InChI=1S/C26H30F2N2O5S/c1-3-35-26(32)23-17-8-4-5-9-18(17)25(31)30(22-11-7-6-10-21(22)29-36(2,33)34)24(23)19-14-12-16(27)13-15-20(19)28/h4-5,8-9,12,14-15,21-24,29H,3,6-7,10-11,13H2,1-2H3. The number of nitrogens with one attached hydrogen (secondary N) is 1. The first-order valence-electron chi connectivity index (χ1n) is 12.1. The number of fused-ring (bicyclic) bond motifs is 1. The minimum absolute atomic E-state index is 0.0211. The van der Waals surface area contributed by atoms with Crippen LogP contribution >= 0.6 is 0 Å². The van der Waals surface area contributed by atoms with E-state index < -0.39 is 57.6 Å². The van der Waals surface area contributed by atoms with Crippen LogP contribution in [0.2, 0.25) is 0 Å². The summed E-state index contributed by atoms with van der Waals surface area (Å²) in [6.07, 6.45) is 6.69. The van der Waals surface area contributed by atoms with E-state index in [0.717, 1.165) is 31.2 Å². The highest BCUT2D eigenvalue weighted by molar-refractivity contribution is 7.88. The third kappa shape index (κ3) is 5.29. The molecule has 0 saturated heterocycles. The average molecular weight is 521 g/mol. The van der Waals surface area contributed by atoms with Gasteiger partial charge in [0, 0.05) is 29.6 Å². The summed E-state index contributed by atoms with van der Waals surface area (Å²) in [6.45, 7) is 1.73. The fourth-order valence-corrected chi connectivity index (χ4v) is 6.29. The second-order valence-corrected chi connectivity index (χ2v) is 11.1. The average Bonchev–Trinajstić information content (AvgIpc) is 2.99. The summed E-state index contributed by atoms with van der Waals surface area (Å²) in [4.78, 5) is 28.8. The molecule has 0 bridgehead atoms. The van der Waals surface area contributed by atoms with Crippen LogP contribution in [0.4, 0.5) is 8.78 Å². The molecular weight excluding hydrogens is 490 g/mol. The predicted molar refractivity (Wildman–Crippen MR) is 131 cm³/mol. The van der Waals surface area contributed by atoms with Gasteiger partial charge in [-0.25, -0.2) is 21.9 Å². The Balaban J connectivity index is 1.94. The van der Waals surface area contributed by atoms with Crippen molar-refractivity contribution in [1.82, 2.24) is 9.62 Å². The van der Waals surface area contributed by atoms with Crippen molar-refractivity contribution < 1.29 is 31.5 Å². The zero-order chi connectivity index (χ0) is 26.0. The lowest BCUT2D eigenvalue weighted by molar-refractivity contribution is -0.146. The van der Waals surface area contributed by atoms with Crippen LogP contribution in [0.1, 0.15) is 60.9 Å². The normalized spacial score (nSPS) is 26.8. The van der Waals surface area contributed by atoms with Gasteiger partial charge in [-0.05, 0) is 43.5 Å². The number of nitrogens with zero attached hydrogens (tertiary/aromatic N) is 1. The zero-order valence-electron chi connectivity index (χ0n) is 20.2. The van der Waals surface area contributed by atoms with Crippen LogP contribution in [0.3, 0.4) is 0 Å². The molecule has 1 saturated carbocycles. The number of hydrogen-bond acceptors (Lipinski definition) is 5. The van der Waals surface area contributed by atoms with Gasteiger partial charge in [0.25, 0.3) is 5.91 Å². The Bertz CT molecular complexity index is 1240. The molecule has 7 nitrogen and oxygen atoms in total. The number of sulfonamides is 1. The third-order valence-corrected chi connectivity index (χ3v) is 7.61. The highest BCUT2D eigenvalue weighted by atomic mass is 32.2. The maximum absolute atomic E-state index is 15.5. The van der Waals surface area contributed by atoms with Gasteiger partial charge in [0.2, 0.25) is 10.0 Å². The minimum atomic E-state index is -3.62. The smallest absolute Gasteiger partial charge is 0.315 e. The van der Waals surface area contributed by atoms with Crippen LogP contribution in [0.15, 0.2) is 59.7 Å². The van der Waals surface area contributed by atoms with E-state index in [9.17, 15) is 22.4 Å². The van der Waals surface area contributed by atoms with Crippen molar-refractivity contribution >= 4 is 21.9 Å². The van der Waals surface area contributed by atoms with Crippen molar-refractivity contribution in [1.29, 1.82) is 0 Å². The lowest BCUT2D eigenvalue weighted by Gasteiger charge is -2.49. The van der Waals surface area contributed by atoms with Crippen LogP contribution < -0.4 is 4.72 Å². The van der Waals surface area contributed by atoms with Crippen molar-refractivity contribution in [3.63, 3.8) is 0 Å². The van der Waals surface area contributed by atoms with Gasteiger partial charge in [-0.1, -0.05) is 37.1 Å². The van der Waals surface area contributed by atoms with E-state index in [1.165, 1.54) is 11.0 Å². The van der Waals surface area contributed by atoms with E-state index in [4.69, 9.17) is 4.74 Å². The van der Waals surface area contributed by atoms with Gasteiger partial charge in [-0.3, -0.25) is 9.59 Å². The Kier molecular flexibility index (Phi) is 7.75. The molecule has 2 aliphatic carbocycles. The molecule has 1 aromatic carbocycles. The zero-order valence-corrected chi connectivity index (χ0v) is 21.1. The summed E-state index contributed by atoms with van der Waals surface area (Å²) < 4.78 is 61.9. The number of halogens is 2. The van der Waals surface area contributed by atoms with E-state index in [1.807, 2.05) is 0 Å². The SMILES string of the molecule is CCOC(=O)C1c2ccccc2C(=O)N(C2CCCCC2NS(C)(=O)=O)C1C1=CC=C(F)CC=C1F. The molecule has 4 rings (SSSR count). The molecule has 36 heavy (non-hydrogen) atoms. The summed E-state index contributed by atoms with van der Waals surface area (Å²) in [5.41, 5.74) is 0.649. The fourth-order valence-electron chi connectivity index (χ4n) is 5.46. The van der Waals surface area contributed by atoms with Crippen LogP contribution in [0.5, 0.6) is 0 Å². The molecule has 0 radical (unpaired) electrons. The van der Waals surface area contributed by atoms with Crippen LogP contribution in [-0.2, 0) is 19.6 Å². The summed E-state index contributed by atoms with van der Waals surface area (Å²) >= 11 is 0. The molecule has 1 aliphatic heterocycles. The first kappa shape index (κ1) is 26.2. The number of hydrogen-bond donors (Lipinski definition) is 1. The molecule has 10 heteroatoms. The number of ether oxygens (including phenoxy) is 1. The minimum Gasteiger partial charge on any atom is -0.465 e. The Hall–Kier alpha value is -2.85. The first-order chi connectivity index (χ1) is 17.1. The Morgan fingerprint density at radius 3 is 2.61 bits per heavy atom. The molecule has 1 heterocycles. The highest BCUT2D eigenvalue weighted by Gasteiger charge is 2.50. The summed E-state index contributed by atoms with van der Waals surface area (Å²) in [7, 11) is -3.62. The number of esters is 1. The third-order valence-electron chi connectivity index (χ3n) is 6.88. The van der Waals surface area contributed by atoms with E-state index >= 15 is 4.39 Å². The van der Waals surface area contributed by atoms with Gasteiger partial charge in [-0.15, -0.1) is 0 Å². The number of allylic oxidation sites excluding steroid dienone is 4. The monoisotopic (exact) mass is 520 g/mol. The van der Waals surface area contributed by atoms with E-state index in [0.29, 0.717) is 18.4 Å². The fraction of sp³-hybridized carbons (Fsp3) is 0.462. The van der Waals surface area contributed by atoms with Gasteiger partial charge < -0.3 is 9.64 Å². The molecule has 0 aromatic heterocycles. The Morgan fingerprint density at radius 2 is 1.89 bits per heavy atom. The highest BCUT2D eigenvalue weighted by Crippen LogP contribution is 2.43. The molecule has 3 aliphatic rings. The molecule has 1 fully saturated rings. The van der Waals surface area contributed by atoms with Gasteiger partial charge >= 0.3 is 5.97 Å². The predicted octanol–water partition coefficient (Wildman–Crippen LogP) is 4.06. The second-order valence-electron chi connectivity index (χ2n) is 9.31. The van der Waals surface area contributed by atoms with Crippen molar-refractivity contribution in [2.45, 2.75) is 63.1 Å². The quantitative estimate of drug-likeness (QED) is 0.572. The Morgan fingerprint density at radius 1 is 1.17 bits per heavy atom. The van der Waals surface area contributed by atoms with Crippen LogP contribution in [0, 0.1) is 0 Å². The lowest BCUT2D eigenvalue weighted by atomic mass is 9.76. The summed E-state index contributed by atoms with van der Waals surface area (Å²) in [5, 5.41) is 0. The maximum Gasteiger partial charge on any atom is 0.315 e. The molecule has 1 aromatic rings. The van der Waals surface area contributed by atoms with Crippen LogP contribution in [0.25, 0.3) is 0 Å². The number of rotatable bonds is 6. The molecule has 1 amide bonds. The van der Waals surface area contributed by atoms with E-state index in [2.05, 4.69) is 4.72 Å². The lowest BCUT2D eigenvalue weighted by Crippen LogP contribution is -2.62. The maximum atomic E-state index is 15.5. The van der Waals surface area contributed by atoms with Gasteiger partial charge in [0.05, 0.1) is 18.9 Å². The summed E-state index contributed by atoms with van der Waals surface area (Å²) in [6, 6.07) is 4.17. The van der Waals surface area contributed by atoms with Crippen molar-refractivity contribution in [2.24, 2.45) is 0 Å². The number of carbonyl (C=O) groups is 2. The Labute approximate surface area is 209 Å². The summed E-state index contributed by atoms with van der Waals surface area (Å²) in [5.74, 6) is -3.46. The number of carbonyl (C=O) groups excluding carboxylic acids is 2. The second kappa shape index (κ2) is 10.6. The number of benzene rings is 1. The number of amides is 1. The van der Waals surface area contributed by atoms with E-state index in [1.54, 1.807) is 31.2 Å². The molecule has 4 atom stereocenters. The molecule has 4 unspecified atom stereocenters. The molecule has 194 valence electrons. The van der Waals surface area contributed by atoms with Gasteiger partial charge in [0.15, 0.2) is 0 Å². The molecule has 0 spiro atoms. The van der Waals surface area contributed by atoms with Gasteiger partial charge in [-0.2, -0.15) is 0 Å². The first-order valence-corrected chi connectivity index (χ1v) is 14.0. The van der Waals surface area contributed by atoms with Crippen molar-refractivity contribution in [2.75, 3.05) is 12.9 Å². The largest absolute Gasteiger partial charge is 0.465 e. The van der Waals surface area contributed by atoms with Crippen LogP contribution in [-0.4, -0.2) is 56.2 Å². The molecular formula is C26H30F2N2O5S. The van der Waals surface area contributed by atoms with Crippen molar-refractivity contribution in [3.05, 3.63) is 70.8 Å². The topological polar surface area (TPSA) is 92.8 Å². The van der Waals surface area contributed by atoms with Crippen molar-refractivity contribution in [3.8, 4) is 0 Å². The van der Waals surface area contributed by atoms with E-state index in [-0.39, 0.29) is 24.2 Å². The molecule has 1 N–H and O–H groups in total.